The van der Waals surface area contributed by atoms with Crippen LogP contribution in [-0.4, -0.2) is 37.5 Å². The molecule has 0 aromatic heterocycles. The van der Waals surface area contributed by atoms with Crippen LogP contribution in [0.15, 0.2) is 18.2 Å². The third-order valence-electron chi connectivity index (χ3n) is 2.43. The topological polar surface area (TPSA) is 70.6 Å². The maximum atomic E-state index is 13.3. The molecule has 20 heavy (non-hydrogen) atoms. The quantitative estimate of drug-likeness (QED) is 0.629. The lowest BCUT2D eigenvalue weighted by Gasteiger charge is -2.08. The molecule has 3 N–H and O–H groups in total. The highest BCUT2D eigenvalue weighted by Crippen LogP contribution is 2.08. The zero-order valence-electron chi connectivity index (χ0n) is 11.0. The minimum Gasteiger partial charge on any atom is -0.394 e. The number of hydrogen-bond donors (Lipinski definition) is 3. The van der Waals surface area contributed by atoms with Gasteiger partial charge in [0.15, 0.2) is 0 Å². The van der Waals surface area contributed by atoms with Crippen LogP contribution in [0.2, 0.25) is 0 Å². The van der Waals surface area contributed by atoms with Crippen molar-refractivity contribution < 1.29 is 23.4 Å². The number of rotatable bonds is 8. The fourth-order valence-electron chi connectivity index (χ4n) is 1.46. The van der Waals surface area contributed by atoms with Gasteiger partial charge in [0, 0.05) is 25.3 Å². The molecule has 1 aromatic carbocycles. The summed E-state index contributed by atoms with van der Waals surface area (Å²) in [6.07, 6.45) is 0.599. The van der Waals surface area contributed by atoms with Gasteiger partial charge in [0.05, 0.1) is 13.2 Å². The van der Waals surface area contributed by atoms with Gasteiger partial charge in [0.1, 0.15) is 11.6 Å². The van der Waals surface area contributed by atoms with Crippen LogP contribution >= 0.6 is 0 Å². The molecule has 5 nitrogen and oxygen atoms in total. The van der Waals surface area contributed by atoms with E-state index in [9.17, 15) is 13.6 Å². The summed E-state index contributed by atoms with van der Waals surface area (Å²) in [7, 11) is 0. The van der Waals surface area contributed by atoms with Crippen LogP contribution in [0.3, 0.4) is 0 Å². The van der Waals surface area contributed by atoms with Crippen molar-refractivity contribution in [1.29, 1.82) is 0 Å². The van der Waals surface area contributed by atoms with Gasteiger partial charge in [-0.25, -0.2) is 13.6 Å². The number of amides is 2. The Morgan fingerprint density at radius 3 is 2.80 bits per heavy atom. The molecule has 1 aromatic rings. The Labute approximate surface area is 115 Å². The van der Waals surface area contributed by atoms with Gasteiger partial charge < -0.3 is 20.5 Å². The van der Waals surface area contributed by atoms with E-state index >= 15 is 0 Å². The third kappa shape index (κ3) is 6.44. The van der Waals surface area contributed by atoms with Crippen molar-refractivity contribution in [2.24, 2.45) is 0 Å². The summed E-state index contributed by atoms with van der Waals surface area (Å²) in [5, 5.41) is 13.5. The molecular formula is C13H18F2N2O3. The predicted molar refractivity (Wildman–Crippen MR) is 69.1 cm³/mol. The van der Waals surface area contributed by atoms with Crippen molar-refractivity contribution in [3.8, 4) is 0 Å². The molecule has 0 bridgehead atoms. The van der Waals surface area contributed by atoms with Crippen molar-refractivity contribution in [3.63, 3.8) is 0 Å². The van der Waals surface area contributed by atoms with Crippen LogP contribution in [0.25, 0.3) is 0 Å². The fourth-order valence-corrected chi connectivity index (χ4v) is 1.46. The van der Waals surface area contributed by atoms with E-state index in [1.165, 1.54) is 0 Å². The average Bonchev–Trinajstić information content (AvgIpc) is 2.43. The normalized spacial score (nSPS) is 10.3. The Bertz CT molecular complexity index is 430. The Balaban J connectivity index is 2.18. The van der Waals surface area contributed by atoms with Crippen LogP contribution in [0.4, 0.5) is 13.6 Å². The van der Waals surface area contributed by atoms with E-state index in [0.717, 1.165) is 18.2 Å². The summed E-state index contributed by atoms with van der Waals surface area (Å²) in [4.78, 5) is 11.4. The molecule has 2 amide bonds. The second-order valence-corrected chi connectivity index (χ2v) is 4.03. The van der Waals surface area contributed by atoms with Crippen molar-refractivity contribution in [1.82, 2.24) is 10.6 Å². The number of carbonyl (C=O) groups is 1. The second-order valence-electron chi connectivity index (χ2n) is 4.03. The maximum Gasteiger partial charge on any atom is 0.315 e. The average molecular weight is 288 g/mol. The van der Waals surface area contributed by atoms with Gasteiger partial charge in [0.25, 0.3) is 0 Å². The molecule has 0 heterocycles. The van der Waals surface area contributed by atoms with Crippen molar-refractivity contribution in [2.75, 3.05) is 26.4 Å². The SMILES string of the molecule is O=C(NCCCOCCO)NCc1cc(F)ccc1F. The van der Waals surface area contributed by atoms with Crippen molar-refractivity contribution in [2.45, 2.75) is 13.0 Å². The standard InChI is InChI=1S/C13H18F2N2O3/c14-11-2-3-12(15)10(8-11)9-17-13(19)16-4-1-6-20-7-5-18/h2-3,8,18H,1,4-7,9H2,(H2,16,17,19). The molecule has 112 valence electrons. The largest absolute Gasteiger partial charge is 0.394 e. The highest BCUT2D eigenvalue weighted by atomic mass is 19.1. The van der Waals surface area contributed by atoms with E-state index in [-0.39, 0.29) is 25.3 Å². The fraction of sp³-hybridized carbons (Fsp3) is 0.462. The van der Waals surface area contributed by atoms with E-state index in [1.807, 2.05) is 0 Å². The van der Waals surface area contributed by atoms with E-state index in [0.29, 0.717) is 19.6 Å². The van der Waals surface area contributed by atoms with E-state index in [1.54, 1.807) is 0 Å². The molecule has 0 saturated heterocycles. The molecule has 7 heteroatoms. The summed E-state index contributed by atoms with van der Waals surface area (Å²) in [6, 6.07) is 2.61. The van der Waals surface area contributed by atoms with Gasteiger partial charge in [-0.2, -0.15) is 0 Å². The lowest BCUT2D eigenvalue weighted by atomic mass is 10.2. The number of ether oxygens (including phenoxy) is 1. The summed E-state index contributed by atoms with van der Waals surface area (Å²) in [6.45, 7) is 0.969. The number of urea groups is 1. The van der Waals surface area contributed by atoms with Crippen LogP contribution in [0.5, 0.6) is 0 Å². The summed E-state index contributed by atoms with van der Waals surface area (Å²) in [5.74, 6) is -1.12. The Morgan fingerprint density at radius 2 is 2.05 bits per heavy atom. The molecule has 0 aliphatic rings. The first-order chi connectivity index (χ1) is 9.63. The van der Waals surface area contributed by atoms with Crippen LogP contribution in [0.1, 0.15) is 12.0 Å². The minimum atomic E-state index is -0.566. The smallest absolute Gasteiger partial charge is 0.315 e. The number of aliphatic hydroxyl groups excluding tert-OH is 1. The molecule has 1 rings (SSSR count). The van der Waals surface area contributed by atoms with Gasteiger partial charge in [-0.05, 0) is 24.6 Å². The molecule has 0 aliphatic heterocycles. The van der Waals surface area contributed by atoms with Crippen LogP contribution in [0, 0.1) is 11.6 Å². The number of nitrogens with one attached hydrogen (secondary N) is 2. The van der Waals surface area contributed by atoms with Gasteiger partial charge in [-0.3, -0.25) is 0 Å². The van der Waals surface area contributed by atoms with Gasteiger partial charge in [0.2, 0.25) is 0 Å². The summed E-state index contributed by atoms with van der Waals surface area (Å²) in [5.41, 5.74) is 0.0893. The monoisotopic (exact) mass is 288 g/mol. The lowest BCUT2D eigenvalue weighted by molar-refractivity contribution is 0.0910. The lowest BCUT2D eigenvalue weighted by Crippen LogP contribution is -2.36. The minimum absolute atomic E-state index is 0.0346. The van der Waals surface area contributed by atoms with E-state index in [2.05, 4.69) is 10.6 Å². The molecule has 0 spiro atoms. The number of halogens is 2. The number of carbonyl (C=O) groups excluding carboxylic acids is 1. The molecule has 0 aliphatic carbocycles. The van der Waals surface area contributed by atoms with Crippen molar-refractivity contribution >= 4 is 6.03 Å². The zero-order valence-corrected chi connectivity index (χ0v) is 11.0. The zero-order chi connectivity index (χ0) is 14.8. The van der Waals surface area contributed by atoms with E-state index in [4.69, 9.17) is 9.84 Å². The Kier molecular flexibility index (Phi) is 7.52. The molecule has 0 atom stereocenters. The summed E-state index contributed by atoms with van der Waals surface area (Å²) >= 11 is 0. The molecular weight excluding hydrogens is 270 g/mol. The summed E-state index contributed by atoms with van der Waals surface area (Å²) < 4.78 is 31.2. The number of aliphatic hydroxyl groups is 1. The second kappa shape index (κ2) is 9.22. The molecule has 0 saturated carbocycles. The molecule has 0 radical (unpaired) electrons. The van der Waals surface area contributed by atoms with Crippen LogP contribution in [-0.2, 0) is 11.3 Å². The predicted octanol–water partition coefficient (Wildman–Crippen LogP) is 1.16. The Morgan fingerprint density at radius 1 is 1.25 bits per heavy atom. The van der Waals surface area contributed by atoms with E-state index < -0.39 is 17.7 Å². The van der Waals surface area contributed by atoms with Crippen molar-refractivity contribution in [3.05, 3.63) is 35.4 Å². The highest BCUT2D eigenvalue weighted by molar-refractivity contribution is 5.73. The first-order valence-corrected chi connectivity index (χ1v) is 6.27. The van der Waals surface area contributed by atoms with Crippen LogP contribution < -0.4 is 10.6 Å². The Hall–Kier alpha value is -1.73. The number of hydrogen-bond acceptors (Lipinski definition) is 3. The third-order valence-corrected chi connectivity index (χ3v) is 2.43. The first kappa shape index (κ1) is 16.3. The highest BCUT2D eigenvalue weighted by Gasteiger charge is 2.05. The van der Waals surface area contributed by atoms with Gasteiger partial charge in [-0.15, -0.1) is 0 Å². The van der Waals surface area contributed by atoms with Gasteiger partial charge >= 0.3 is 6.03 Å². The number of benzene rings is 1. The maximum absolute atomic E-state index is 13.3. The first-order valence-electron chi connectivity index (χ1n) is 6.27. The molecule has 0 unspecified atom stereocenters. The van der Waals surface area contributed by atoms with Gasteiger partial charge in [-0.1, -0.05) is 0 Å². The molecule has 0 fully saturated rings.